The van der Waals surface area contributed by atoms with E-state index < -0.39 is 0 Å². The molecule has 0 saturated carbocycles. The van der Waals surface area contributed by atoms with E-state index in [2.05, 4.69) is 77.6 Å². The highest BCUT2D eigenvalue weighted by atomic mass is 15.3. The Bertz CT molecular complexity index is 787. The van der Waals surface area contributed by atoms with E-state index in [4.69, 9.17) is 4.98 Å². The molecule has 1 aromatic carbocycles. The Morgan fingerprint density at radius 2 is 1.72 bits per heavy atom. The zero-order valence-electron chi connectivity index (χ0n) is 18.1. The summed E-state index contributed by atoms with van der Waals surface area (Å²) < 4.78 is 0. The fourth-order valence-corrected chi connectivity index (χ4v) is 4.98. The standard InChI is InChI=1S/C24H35N5/c1-18-9-10-27-22(23(18)28-14-11-25-12-15-28)24(29-16-13-26-17-19(29)2)20(3)21-7-5-4-6-8-21/h4-10,19-20,24-26H,11-17H2,1-3H3. The summed E-state index contributed by atoms with van der Waals surface area (Å²) in [6.07, 6.45) is 2.01. The van der Waals surface area contributed by atoms with Crippen molar-refractivity contribution < 1.29 is 0 Å². The molecule has 0 bridgehead atoms. The van der Waals surface area contributed by atoms with E-state index >= 15 is 0 Å². The smallest absolute Gasteiger partial charge is 0.0817 e. The number of pyridine rings is 1. The number of anilines is 1. The van der Waals surface area contributed by atoms with Gasteiger partial charge >= 0.3 is 0 Å². The maximum absolute atomic E-state index is 5.05. The summed E-state index contributed by atoms with van der Waals surface area (Å²) in [7, 11) is 0. The van der Waals surface area contributed by atoms with Crippen LogP contribution in [0.5, 0.6) is 0 Å². The Morgan fingerprint density at radius 3 is 2.45 bits per heavy atom. The minimum Gasteiger partial charge on any atom is -0.367 e. The molecule has 4 rings (SSSR count). The predicted octanol–water partition coefficient (Wildman–Crippen LogP) is 2.94. The first kappa shape index (κ1) is 20.3. The Labute approximate surface area is 175 Å². The third-order valence-corrected chi connectivity index (χ3v) is 6.58. The van der Waals surface area contributed by atoms with Crippen LogP contribution in [0.15, 0.2) is 42.6 Å². The molecule has 156 valence electrons. The lowest BCUT2D eigenvalue weighted by molar-refractivity contribution is 0.0992. The van der Waals surface area contributed by atoms with Gasteiger partial charge in [-0.25, -0.2) is 0 Å². The van der Waals surface area contributed by atoms with Gasteiger partial charge in [0.1, 0.15) is 0 Å². The summed E-state index contributed by atoms with van der Waals surface area (Å²) in [5, 5.41) is 7.05. The summed E-state index contributed by atoms with van der Waals surface area (Å²) in [6, 6.07) is 13.9. The van der Waals surface area contributed by atoms with Crippen molar-refractivity contribution in [3.8, 4) is 0 Å². The third kappa shape index (κ3) is 4.32. The maximum atomic E-state index is 5.05. The zero-order valence-corrected chi connectivity index (χ0v) is 18.1. The predicted molar refractivity (Wildman–Crippen MR) is 121 cm³/mol. The lowest BCUT2D eigenvalue weighted by Crippen LogP contribution is -2.52. The van der Waals surface area contributed by atoms with Gasteiger partial charge in [0, 0.05) is 64.0 Å². The molecule has 0 aliphatic carbocycles. The highest BCUT2D eigenvalue weighted by molar-refractivity contribution is 5.58. The molecule has 2 fully saturated rings. The van der Waals surface area contributed by atoms with Crippen LogP contribution in [0.3, 0.4) is 0 Å². The second-order valence-corrected chi connectivity index (χ2v) is 8.53. The van der Waals surface area contributed by atoms with E-state index in [0.29, 0.717) is 12.0 Å². The van der Waals surface area contributed by atoms with Crippen molar-refractivity contribution in [2.45, 2.75) is 38.8 Å². The van der Waals surface area contributed by atoms with E-state index in [1.165, 1.54) is 22.5 Å². The Hall–Kier alpha value is -1.95. The van der Waals surface area contributed by atoms with E-state index in [9.17, 15) is 0 Å². The molecule has 2 N–H and O–H groups in total. The highest BCUT2D eigenvalue weighted by Gasteiger charge is 2.35. The molecule has 5 heteroatoms. The largest absolute Gasteiger partial charge is 0.367 e. The van der Waals surface area contributed by atoms with Crippen molar-refractivity contribution in [1.29, 1.82) is 0 Å². The van der Waals surface area contributed by atoms with Crippen LogP contribution in [-0.2, 0) is 0 Å². The van der Waals surface area contributed by atoms with E-state index in [0.717, 1.165) is 45.8 Å². The maximum Gasteiger partial charge on any atom is 0.0817 e. The van der Waals surface area contributed by atoms with Gasteiger partial charge in [0.2, 0.25) is 0 Å². The SMILES string of the molecule is Cc1ccnc(C(C(C)c2ccccc2)N2CCNCC2C)c1N1CCNCC1. The minimum atomic E-state index is 0.263. The van der Waals surface area contributed by atoms with Crippen LogP contribution in [-0.4, -0.2) is 61.7 Å². The molecule has 2 aliphatic heterocycles. The average Bonchev–Trinajstić information content (AvgIpc) is 2.76. The number of aromatic nitrogens is 1. The average molecular weight is 394 g/mol. The van der Waals surface area contributed by atoms with Gasteiger partial charge in [-0.15, -0.1) is 0 Å². The Kier molecular flexibility index (Phi) is 6.48. The first-order chi connectivity index (χ1) is 14.2. The van der Waals surface area contributed by atoms with Gasteiger partial charge in [-0.2, -0.15) is 0 Å². The second-order valence-electron chi connectivity index (χ2n) is 8.53. The van der Waals surface area contributed by atoms with Crippen LogP contribution in [0.1, 0.15) is 42.6 Å². The molecular weight excluding hydrogens is 358 g/mol. The molecule has 0 amide bonds. The van der Waals surface area contributed by atoms with Crippen LogP contribution >= 0.6 is 0 Å². The first-order valence-electron chi connectivity index (χ1n) is 11.1. The van der Waals surface area contributed by atoms with E-state index in [1.807, 2.05) is 6.20 Å². The van der Waals surface area contributed by atoms with Gasteiger partial charge in [-0.1, -0.05) is 37.3 Å². The molecule has 3 unspecified atom stereocenters. The van der Waals surface area contributed by atoms with Crippen molar-refractivity contribution in [3.05, 3.63) is 59.4 Å². The number of nitrogens with zero attached hydrogens (tertiary/aromatic N) is 3. The molecule has 0 spiro atoms. The summed E-state index contributed by atoms with van der Waals surface area (Å²) in [4.78, 5) is 10.3. The van der Waals surface area contributed by atoms with Crippen LogP contribution < -0.4 is 15.5 Å². The van der Waals surface area contributed by atoms with Crippen molar-refractivity contribution in [2.24, 2.45) is 0 Å². The summed E-state index contributed by atoms with van der Waals surface area (Å²) in [5.41, 5.74) is 5.33. The second kappa shape index (κ2) is 9.24. The quantitative estimate of drug-likeness (QED) is 0.818. The number of benzene rings is 1. The van der Waals surface area contributed by atoms with Gasteiger partial charge in [0.25, 0.3) is 0 Å². The number of hydrogen-bond acceptors (Lipinski definition) is 5. The Balaban J connectivity index is 1.80. The lowest BCUT2D eigenvalue weighted by Gasteiger charge is -2.44. The highest BCUT2D eigenvalue weighted by Crippen LogP contribution is 2.41. The minimum absolute atomic E-state index is 0.263. The molecule has 29 heavy (non-hydrogen) atoms. The number of nitrogens with one attached hydrogen (secondary N) is 2. The molecule has 2 aromatic rings. The molecule has 2 aliphatic rings. The molecule has 2 saturated heterocycles. The zero-order chi connectivity index (χ0) is 20.2. The summed E-state index contributed by atoms with van der Waals surface area (Å²) in [6.45, 7) is 14.3. The van der Waals surface area contributed by atoms with Gasteiger partial charge in [0.15, 0.2) is 0 Å². The van der Waals surface area contributed by atoms with Crippen LogP contribution in [0.2, 0.25) is 0 Å². The Morgan fingerprint density at radius 1 is 1.00 bits per heavy atom. The van der Waals surface area contributed by atoms with Gasteiger partial charge in [0.05, 0.1) is 17.4 Å². The van der Waals surface area contributed by atoms with Crippen LogP contribution in [0.4, 0.5) is 5.69 Å². The van der Waals surface area contributed by atoms with Crippen molar-refractivity contribution in [1.82, 2.24) is 20.5 Å². The topological polar surface area (TPSA) is 43.4 Å². The van der Waals surface area contributed by atoms with E-state index in [1.54, 1.807) is 0 Å². The molecule has 3 atom stereocenters. The van der Waals surface area contributed by atoms with Crippen molar-refractivity contribution in [3.63, 3.8) is 0 Å². The molecule has 5 nitrogen and oxygen atoms in total. The van der Waals surface area contributed by atoms with Crippen LogP contribution in [0.25, 0.3) is 0 Å². The molecule has 0 radical (unpaired) electrons. The fourth-order valence-electron chi connectivity index (χ4n) is 4.98. The molecule has 1 aromatic heterocycles. The number of hydrogen-bond donors (Lipinski definition) is 2. The third-order valence-electron chi connectivity index (χ3n) is 6.58. The van der Waals surface area contributed by atoms with Gasteiger partial charge < -0.3 is 15.5 Å². The number of piperazine rings is 2. The molecular formula is C24H35N5. The van der Waals surface area contributed by atoms with E-state index in [-0.39, 0.29) is 6.04 Å². The van der Waals surface area contributed by atoms with Gasteiger partial charge in [-0.05, 0) is 31.0 Å². The first-order valence-corrected chi connectivity index (χ1v) is 11.1. The summed E-state index contributed by atoms with van der Waals surface area (Å²) in [5.74, 6) is 0.368. The monoisotopic (exact) mass is 393 g/mol. The van der Waals surface area contributed by atoms with Crippen molar-refractivity contribution in [2.75, 3.05) is 50.7 Å². The molecule has 3 heterocycles. The van der Waals surface area contributed by atoms with Crippen LogP contribution in [0, 0.1) is 6.92 Å². The lowest BCUT2D eigenvalue weighted by atomic mass is 9.87. The summed E-state index contributed by atoms with van der Waals surface area (Å²) >= 11 is 0. The number of aryl methyl sites for hydroxylation is 1. The fraction of sp³-hybridized carbons (Fsp3) is 0.542. The van der Waals surface area contributed by atoms with Crippen molar-refractivity contribution >= 4 is 5.69 Å². The normalized spacial score (nSPS) is 23.0. The number of rotatable bonds is 5. The van der Waals surface area contributed by atoms with Gasteiger partial charge in [-0.3, -0.25) is 9.88 Å².